The van der Waals surface area contributed by atoms with E-state index in [1.165, 1.54) is 7.11 Å². The number of carbonyl (C=O) groups is 1. The van der Waals surface area contributed by atoms with Crippen LogP contribution in [0.25, 0.3) is 0 Å². The molecule has 3 unspecified atom stereocenters. The summed E-state index contributed by atoms with van der Waals surface area (Å²) in [4.78, 5) is 11.5. The fraction of sp³-hybridized carbons (Fsp3) is 0.900. The van der Waals surface area contributed by atoms with Gasteiger partial charge in [-0.3, -0.25) is 4.79 Å². The predicted molar refractivity (Wildman–Crippen MR) is 58.1 cm³/mol. The maximum Gasteiger partial charge on any atom is 0.310 e. The highest BCUT2D eigenvalue weighted by molar-refractivity contribution is 5.85. The van der Waals surface area contributed by atoms with Crippen LogP contribution < -0.4 is 5.32 Å². The van der Waals surface area contributed by atoms with Crippen molar-refractivity contribution in [3.8, 4) is 0 Å². The van der Waals surface area contributed by atoms with Crippen LogP contribution in [0.5, 0.6) is 0 Å². The van der Waals surface area contributed by atoms with Gasteiger partial charge in [-0.15, -0.1) is 12.4 Å². The van der Waals surface area contributed by atoms with Crippen molar-refractivity contribution in [1.82, 2.24) is 5.32 Å². The Balaban J connectivity index is 0.00000112. The standard InChI is InChI=1S/C10H17NO3.ClH/c1-13-10(12)8-6-11-5-7(8)9-3-2-4-14-9;/h7-9,11H,2-6H2,1H3;1H. The van der Waals surface area contributed by atoms with Crippen molar-refractivity contribution in [1.29, 1.82) is 0 Å². The lowest BCUT2D eigenvalue weighted by molar-refractivity contribution is -0.147. The molecule has 0 bridgehead atoms. The molecule has 0 aromatic carbocycles. The van der Waals surface area contributed by atoms with E-state index in [1.54, 1.807) is 0 Å². The zero-order chi connectivity index (χ0) is 9.97. The van der Waals surface area contributed by atoms with Crippen LogP contribution in [0.4, 0.5) is 0 Å². The van der Waals surface area contributed by atoms with Crippen LogP contribution in [0.2, 0.25) is 0 Å². The maximum absolute atomic E-state index is 11.5. The van der Waals surface area contributed by atoms with Crippen LogP contribution in [-0.4, -0.2) is 38.9 Å². The van der Waals surface area contributed by atoms with E-state index in [-0.39, 0.29) is 30.4 Å². The van der Waals surface area contributed by atoms with E-state index in [0.29, 0.717) is 5.92 Å². The summed E-state index contributed by atoms with van der Waals surface area (Å²) in [6.45, 7) is 2.46. The van der Waals surface area contributed by atoms with Crippen molar-refractivity contribution in [2.24, 2.45) is 11.8 Å². The van der Waals surface area contributed by atoms with Gasteiger partial charge in [0.2, 0.25) is 0 Å². The monoisotopic (exact) mass is 235 g/mol. The molecule has 2 rings (SSSR count). The second kappa shape index (κ2) is 5.68. The van der Waals surface area contributed by atoms with Crippen molar-refractivity contribution < 1.29 is 14.3 Å². The highest BCUT2D eigenvalue weighted by Crippen LogP contribution is 2.29. The molecule has 1 N–H and O–H groups in total. The first kappa shape index (κ1) is 12.7. The first-order chi connectivity index (χ1) is 6.83. The summed E-state index contributed by atoms with van der Waals surface area (Å²) in [7, 11) is 1.45. The number of ether oxygens (including phenoxy) is 2. The number of halogens is 1. The molecule has 0 aromatic heterocycles. The largest absolute Gasteiger partial charge is 0.469 e. The molecular formula is C10H18ClNO3. The average molecular weight is 236 g/mol. The van der Waals surface area contributed by atoms with E-state index in [1.807, 2.05) is 0 Å². The second-order valence-electron chi connectivity index (χ2n) is 4.00. The van der Waals surface area contributed by atoms with Gasteiger partial charge in [-0.05, 0) is 12.8 Å². The van der Waals surface area contributed by atoms with Gasteiger partial charge in [-0.25, -0.2) is 0 Å². The van der Waals surface area contributed by atoms with Crippen LogP contribution >= 0.6 is 12.4 Å². The molecule has 2 fully saturated rings. The number of methoxy groups -OCH3 is 1. The van der Waals surface area contributed by atoms with Crippen molar-refractivity contribution in [2.45, 2.75) is 18.9 Å². The highest BCUT2D eigenvalue weighted by atomic mass is 35.5. The van der Waals surface area contributed by atoms with Crippen LogP contribution in [0.15, 0.2) is 0 Å². The normalized spacial score (nSPS) is 34.9. The Morgan fingerprint density at radius 2 is 2.27 bits per heavy atom. The third-order valence-corrected chi connectivity index (χ3v) is 3.21. The minimum absolute atomic E-state index is 0. The number of rotatable bonds is 2. The molecule has 2 aliphatic rings. The molecule has 88 valence electrons. The minimum atomic E-state index is -0.101. The smallest absolute Gasteiger partial charge is 0.310 e. The SMILES string of the molecule is COC(=O)C1CNCC1C1CCCO1.Cl. The fourth-order valence-corrected chi connectivity index (χ4v) is 2.44. The molecule has 0 amide bonds. The predicted octanol–water partition coefficient (Wildman–Crippen LogP) is 0.596. The van der Waals surface area contributed by atoms with Crippen molar-refractivity contribution >= 4 is 18.4 Å². The average Bonchev–Trinajstić information content (AvgIpc) is 2.85. The summed E-state index contributed by atoms with van der Waals surface area (Å²) in [6.07, 6.45) is 2.46. The molecule has 5 heteroatoms. The van der Waals surface area contributed by atoms with Gasteiger partial charge in [0.05, 0.1) is 19.1 Å². The molecule has 0 spiro atoms. The van der Waals surface area contributed by atoms with Gasteiger partial charge in [0.25, 0.3) is 0 Å². The van der Waals surface area contributed by atoms with Gasteiger partial charge in [-0.2, -0.15) is 0 Å². The summed E-state index contributed by atoms with van der Waals surface area (Å²) < 4.78 is 10.4. The third kappa shape index (κ3) is 2.62. The van der Waals surface area contributed by atoms with E-state index in [4.69, 9.17) is 9.47 Å². The summed E-state index contributed by atoms with van der Waals surface area (Å²) in [5.41, 5.74) is 0. The summed E-state index contributed by atoms with van der Waals surface area (Å²) in [5, 5.41) is 3.23. The van der Waals surface area contributed by atoms with Crippen LogP contribution in [0, 0.1) is 11.8 Å². The topological polar surface area (TPSA) is 47.6 Å². The maximum atomic E-state index is 11.5. The van der Waals surface area contributed by atoms with Gasteiger partial charge < -0.3 is 14.8 Å². The lowest BCUT2D eigenvalue weighted by Crippen LogP contribution is -2.32. The first-order valence-electron chi connectivity index (χ1n) is 5.23. The van der Waals surface area contributed by atoms with E-state index < -0.39 is 0 Å². The van der Waals surface area contributed by atoms with Gasteiger partial charge in [0, 0.05) is 25.6 Å². The number of hydrogen-bond acceptors (Lipinski definition) is 4. The molecule has 0 aliphatic carbocycles. The van der Waals surface area contributed by atoms with Gasteiger partial charge in [0.1, 0.15) is 0 Å². The first-order valence-corrected chi connectivity index (χ1v) is 5.23. The fourth-order valence-electron chi connectivity index (χ4n) is 2.44. The molecule has 2 aliphatic heterocycles. The molecule has 0 saturated carbocycles. The van der Waals surface area contributed by atoms with Crippen molar-refractivity contribution in [2.75, 3.05) is 26.8 Å². The summed E-state index contributed by atoms with van der Waals surface area (Å²) in [6, 6.07) is 0. The minimum Gasteiger partial charge on any atom is -0.469 e. The number of hydrogen-bond donors (Lipinski definition) is 1. The highest BCUT2D eigenvalue weighted by Gasteiger charge is 2.40. The van der Waals surface area contributed by atoms with Crippen LogP contribution in [-0.2, 0) is 14.3 Å². The lowest BCUT2D eigenvalue weighted by atomic mass is 9.89. The van der Waals surface area contributed by atoms with Gasteiger partial charge in [0.15, 0.2) is 0 Å². The Bertz CT molecular complexity index is 219. The second-order valence-corrected chi connectivity index (χ2v) is 4.00. The molecule has 15 heavy (non-hydrogen) atoms. The van der Waals surface area contributed by atoms with Crippen LogP contribution in [0.1, 0.15) is 12.8 Å². The third-order valence-electron chi connectivity index (χ3n) is 3.21. The molecule has 2 heterocycles. The van der Waals surface area contributed by atoms with Crippen LogP contribution in [0.3, 0.4) is 0 Å². The van der Waals surface area contributed by atoms with Crippen molar-refractivity contribution in [3.05, 3.63) is 0 Å². The van der Waals surface area contributed by atoms with Gasteiger partial charge >= 0.3 is 5.97 Å². The Hall–Kier alpha value is -0.320. The quantitative estimate of drug-likeness (QED) is 0.712. The lowest BCUT2D eigenvalue weighted by Gasteiger charge is -2.21. The number of carbonyl (C=O) groups excluding carboxylic acids is 1. The Morgan fingerprint density at radius 1 is 1.47 bits per heavy atom. The van der Waals surface area contributed by atoms with E-state index in [0.717, 1.165) is 32.5 Å². The Kier molecular flexibility index (Phi) is 4.83. The molecule has 2 saturated heterocycles. The molecule has 4 nitrogen and oxygen atoms in total. The van der Waals surface area contributed by atoms with E-state index in [9.17, 15) is 4.79 Å². The number of esters is 1. The summed E-state index contributed by atoms with van der Waals surface area (Å²) in [5.74, 6) is 0.198. The molecule has 0 radical (unpaired) electrons. The zero-order valence-corrected chi connectivity index (χ0v) is 9.72. The summed E-state index contributed by atoms with van der Waals surface area (Å²) >= 11 is 0. The molecular weight excluding hydrogens is 218 g/mol. The van der Waals surface area contributed by atoms with Crippen molar-refractivity contribution in [3.63, 3.8) is 0 Å². The van der Waals surface area contributed by atoms with E-state index >= 15 is 0 Å². The molecule has 0 aromatic rings. The van der Waals surface area contributed by atoms with E-state index in [2.05, 4.69) is 5.32 Å². The Morgan fingerprint density at radius 3 is 2.87 bits per heavy atom. The van der Waals surface area contributed by atoms with Gasteiger partial charge in [-0.1, -0.05) is 0 Å². The Labute approximate surface area is 96.1 Å². The molecule has 3 atom stereocenters. The number of nitrogens with one attached hydrogen (secondary N) is 1. The zero-order valence-electron chi connectivity index (χ0n) is 8.90.